The standard InChI is InChI=1S/C37H48O7/c1-5-6-25-36(2,3)26-16-22-31-28(23-24-32(31)38)17-14-9-15-27-37(35(41)42-4,43-33(39)29-18-10-7-11-19-29)44-34(40)30-20-12-8-13-21-30/h7-14,16,18-22,28,31-32,38H,5-6,15,17,23-27H2,1-4H3/t28-,31+,32+/m0/s1. The number of rotatable bonds is 16. The minimum absolute atomic E-state index is 0.0921. The van der Waals surface area contributed by atoms with Crippen molar-refractivity contribution >= 4 is 17.9 Å². The van der Waals surface area contributed by atoms with Crippen molar-refractivity contribution in [2.24, 2.45) is 17.3 Å². The van der Waals surface area contributed by atoms with Crippen molar-refractivity contribution in [1.82, 2.24) is 0 Å². The summed E-state index contributed by atoms with van der Waals surface area (Å²) in [6.45, 7) is 6.80. The Bertz CT molecular complexity index is 1200. The number of carbonyl (C=O) groups excluding carboxylic acids is 3. The number of unbranched alkanes of at least 4 members (excludes halogenated alkanes) is 1. The first kappa shape index (κ1) is 34.8. The zero-order valence-electron chi connectivity index (χ0n) is 26.6. The summed E-state index contributed by atoms with van der Waals surface area (Å²) in [7, 11) is 1.16. The maximum Gasteiger partial charge on any atom is 0.392 e. The van der Waals surface area contributed by atoms with Crippen LogP contribution in [0.4, 0.5) is 0 Å². The zero-order valence-corrected chi connectivity index (χ0v) is 26.6. The van der Waals surface area contributed by atoms with E-state index in [0.29, 0.717) is 5.92 Å². The summed E-state index contributed by atoms with van der Waals surface area (Å²) >= 11 is 0. The number of hydrogen-bond donors (Lipinski definition) is 1. The van der Waals surface area contributed by atoms with Crippen LogP contribution in [-0.2, 0) is 19.0 Å². The van der Waals surface area contributed by atoms with Crippen LogP contribution in [0.2, 0.25) is 0 Å². The topological polar surface area (TPSA) is 99.1 Å². The summed E-state index contributed by atoms with van der Waals surface area (Å²) in [4.78, 5) is 39.2. The molecule has 0 bridgehead atoms. The second kappa shape index (κ2) is 17.0. The Balaban J connectivity index is 1.70. The van der Waals surface area contributed by atoms with Crippen LogP contribution in [0.15, 0.2) is 85.0 Å². The minimum Gasteiger partial charge on any atom is -0.463 e. The predicted molar refractivity (Wildman–Crippen MR) is 171 cm³/mol. The summed E-state index contributed by atoms with van der Waals surface area (Å²) in [5.41, 5.74) is 0.658. The Morgan fingerprint density at radius 3 is 2.00 bits per heavy atom. The first-order valence-corrected chi connectivity index (χ1v) is 15.8. The van der Waals surface area contributed by atoms with Crippen LogP contribution in [0.1, 0.15) is 99.3 Å². The molecule has 0 spiro atoms. The van der Waals surface area contributed by atoms with Crippen molar-refractivity contribution in [3.8, 4) is 0 Å². The highest BCUT2D eigenvalue weighted by Crippen LogP contribution is 2.37. The average molecular weight is 605 g/mol. The van der Waals surface area contributed by atoms with Gasteiger partial charge in [0.05, 0.1) is 24.3 Å². The Kier molecular flexibility index (Phi) is 13.4. The van der Waals surface area contributed by atoms with Crippen molar-refractivity contribution in [2.45, 2.75) is 90.4 Å². The maximum absolute atomic E-state index is 13.1. The first-order valence-electron chi connectivity index (χ1n) is 15.8. The number of ether oxygens (including phenoxy) is 3. The molecular formula is C37H48O7. The van der Waals surface area contributed by atoms with Gasteiger partial charge in [-0.3, -0.25) is 0 Å². The van der Waals surface area contributed by atoms with E-state index in [1.807, 2.05) is 12.2 Å². The summed E-state index contributed by atoms with van der Waals surface area (Å²) in [6.07, 6.45) is 15.2. The predicted octanol–water partition coefficient (Wildman–Crippen LogP) is 7.85. The van der Waals surface area contributed by atoms with E-state index in [2.05, 4.69) is 32.9 Å². The van der Waals surface area contributed by atoms with E-state index in [-0.39, 0.29) is 41.4 Å². The van der Waals surface area contributed by atoms with Crippen LogP contribution in [0.25, 0.3) is 0 Å². The van der Waals surface area contributed by atoms with Crippen molar-refractivity contribution in [2.75, 3.05) is 7.11 Å². The molecule has 0 aliphatic heterocycles. The Hall–Kier alpha value is -3.71. The van der Waals surface area contributed by atoms with Gasteiger partial charge in [-0.2, -0.15) is 0 Å². The average Bonchev–Trinajstić information content (AvgIpc) is 3.38. The highest BCUT2D eigenvalue weighted by molar-refractivity contribution is 5.95. The van der Waals surface area contributed by atoms with Crippen molar-refractivity contribution in [3.05, 3.63) is 96.1 Å². The van der Waals surface area contributed by atoms with Gasteiger partial charge in [0.25, 0.3) is 0 Å². The van der Waals surface area contributed by atoms with Gasteiger partial charge in [0.2, 0.25) is 0 Å². The molecule has 7 heteroatoms. The second-order valence-corrected chi connectivity index (χ2v) is 12.4. The molecule has 0 saturated heterocycles. The molecule has 0 amide bonds. The molecule has 0 unspecified atom stereocenters. The van der Waals surface area contributed by atoms with Crippen LogP contribution >= 0.6 is 0 Å². The lowest BCUT2D eigenvalue weighted by Crippen LogP contribution is -2.48. The van der Waals surface area contributed by atoms with Gasteiger partial charge in [0.1, 0.15) is 0 Å². The quantitative estimate of drug-likeness (QED) is 0.118. The van der Waals surface area contributed by atoms with E-state index >= 15 is 0 Å². The number of aliphatic hydroxyl groups is 1. The minimum atomic E-state index is -2.28. The molecule has 0 aromatic heterocycles. The molecule has 3 rings (SSSR count). The molecule has 7 nitrogen and oxygen atoms in total. The van der Waals surface area contributed by atoms with Crippen LogP contribution < -0.4 is 0 Å². The zero-order chi connectivity index (χ0) is 32.0. The smallest absolute Gasteiger partial charge is 0.392 e. The number of allylic oxidation sites excluding steroid dienone is 3. The van der Waals surface area contributed by atoms with Crippen LogP contribution in [0, 0.1) is 17.3 Å². The molecule has 1 aliphatic carbocycles. The first-order chi connectivity index (χ1) is 21.1. The third kappa shape index (κ3) is 10.2. The molecule has 1 N–H and O–H groups in total. The monoisotopic (exact) mass is 604 g/mol. The van der Waals surface area contributed by atoms with Crippen molar-refractivity contribution in [3.63, 3.8) is 0 Å². The molecule has 1 saturated carbocycles. The van der Waals surface area contributed by atoms with Crippen LogP contribution in [0.5, 0.6) is 0 Å². The molecular weight excluding hydrogens is 556 g/mol. The van der Waals surface area contributed by atoms with Gasteiger partial charge < -0.3 is 19.3 Å². The van der Waals surface area contributed by atoms with Gasteiger partial charge in [-0.05, 0) is 74.1 Å². The summed E-state index contributed by atoms with van der Waals surface area (Å²) in [6, 6.07) is 16.4. The fraction of sp³-hybridized carbons (Fsp3) is 0.486. The third-order valence-electron chi connectivity index (χ3n) is 8.33. The van der Waals surface area contributed by atoms with Gasteiger partial charge >= 0.3 is 23.7 Å². The molecule has 238 valence electrons. The second-order valence-electron chi connectivity index (χ2n) is 12.4. The lowest BCUT2D eigenvalue weighted by molar-refractivity contribution is -0.209. The van der Waals surface area contributed by atoms with E-state index in [0.717, 1.165) is 32.8 Å². The Morgan fingerprint density at radius 1 is 0.864 bits per heavy atom. The number of benzene rings is 2. The number of aliphatic hydroxyl groups excluding tert-OH is 1. The van der Waals surface area contributed by atoms with Gasteiger partial charge in [-0.1, -0.05) is 94.3 Å². The largest absolute Gasteiger partial charge is 0.463 e. The molecule has 3 atom stereocenters. The highest BCUT2D eigenvalue weighted by Gasteiger charge is 2.48. The number of carbonyl (C=O) groups is 3. The molecule has 0 radical (unpaired) electrons. The van der Waals surface area contributed by atoms with E-state index in [4.69, 9.17) is 14.2 Å². The molecule has 1 fully saturated rings. The van der Waals surface area contributed by atoms with Crippen molar-refractivity contribution in [1.29, 1.82) is 0 Å². The number of hydrogen-bond acceptors (Lipinski definition) is 7. The fourth-order valence-electron chi connectivity index (χ4n) is 5.64. The SMILES string of the molecule is CCCCC(C)(C)CC=C[C@@H]1[C@@H](CC=CCCC(OC(=O)c2ccccc2)(OC(=O)c2ccccc2)C(=O)OC)CC[C@H]1O. The highest BCUT2D eigenvalue weighted by atomic mass is 16.8. The lowest BCUT2D eigenvalue weighted by atomic mass is 9.83. The van der Waals surface area contributed by atoms with Gasteiger partial charge in [0, 0.05) is 12.3 Å². The summed E-state index contributed by atoms with van der Waals surface area (Å²) in [5, 5.41) is 10.7. The van der Waals surface area contributed by atoms with Crippen molar-refractivity contribution < 1.29 is 33.7 Å². The molecule has 1 aliphatic rings. The normalized spacial score (nSPS) is 18.9. The van der Waals surface area contributed by atoms with E-state index in [1.54, 1.807) is 60.7 Å². The maximum atomic E-state index is 13.1. The van der Waals surface area contributed by atoms with Gasteiger partial charge in [-0.15, -0.1) is 0 Å². The number of methoxy groups -OCH3 is 1. The Labute approximate surface area is 262 Å². The third-order valence-corrected chi connectivity index (χ3v) is 8.33. The fourth-order valence-corrected chi connectivity index (χ4v) is 5.64. The lowest BCUT2D eigenvalue weighted by Gasteiger charge is -2.29. The van der Waals surface area contributed by atoms with E-state index in [9.17, 15) is 19.5 Å². The number of esters is 3. The van der Waals surface area contributed by atoms with Gasteiger partial charge in [0.15, 0.2) is 0 Å². The van der Waals surface area contributed by atoms with Crippen LogP contribution in [-0.4, -0.2) is 42.0 Å². The molecule has 2 aromatic rings. The van der Waals surface area contributed by atoms with Crippen LogP contribution in [0.3, 0.4) is 0 Å². The summed E-state index contributed by atoms with van der Waals surface area (Å²) < 4.78 is 16.3. The molecule has 44 heavy (non-hydrogen) atoms. The Morgan fingerprint density at radius 2 is 1.45 bits per heavy atom. The van der Waals surface area contributed by atoms with E-state index < -0.39 is 23.7 Å². The van der Waals surface area contributed by atoms with Gasteiger partial charge in [-0.25, -0.2) is 14.4 Å². The van der Waals surface area contributed by atoms with E-state index in [1.165, 1.54) is 19.3 Å². The molecule has 2 aromatic carbocycles. The molecule has 0 heterocycles. The summed E-state index contributed by atoms with van der Waals surface area (Å²) in [5.74, 6) is -4.49.